The molecule has 1 aromatic heterocycles. The molecular weight excluding hydrogens is 340 g/mol. The van der Waals surface area contributed by atoms with Crippen LogP contribution in [0.15, 0.2) is 30.3 Å². The fourth-order valence-corrected chi connectivity index (χ4v) is 3.06. The highest BCUT2D eigenvalue weighted by atomic mass is 32.1. The van der Waals surface area contributed by atoms with Crippen molar-refractivity contribution in [2.45, 2.75) is 26.5 Å². The van der Waals surface area contributed by atoms with Crippen molar-refractivity contribution >= 4 is 23.0 Å². The van der Waals surface area contributed by atoms with E-state index < -0.39 is 6.10 Å². The molecule has 0 saturated carbocycles. The summed E-state index contributed by atoms with van der Waals surface area (Å²) in [6, 6.07) is 10.3. The first-order valence-electron chi connectivity index (χ1n) is 7.56. The molecule has 7 heteroatoms. The molecule has 0 spiro atoms. The smallest absolute Gasteiger partial charge is 0.217 e. The summed E-state index contributed by atoms with van der Waals surface area (Å²) in [6.07, 6.45) is -0.714. The standard InChI is InChI=1S/C18H18N2O4S/c1-11(24-15-6-4-13(9-19)8-16(15)23-3)18(22)17-7-5-14(25-17)10-20-12(2)21/h4-8,11H,10H2,1-3H3,(H,20,21). The first-order valence-corrected chi connectivity index (χ1v) is 8.38. The summed E-state index contributed by atoms with van der Waals surface area (Å²) in [5.74, 6) is 0.518. The second-order valence-corrected chi connectivity index (χ2v) is 6.45. The number of hydrogen-bond acceptors (Lipinski definition) is 6. The van der Waals surface area contributed by atoms with Crippen molar-refractivity contribution in [2.24, 2.45) is 0 Å². The van der Waals surface area contributed by atoms with E-state index in [0.717, 1.165) is 4.88 Å². The molecule has 0 bridgehead atoms. The zero-order chi connectivity index (χ0) is 18.4. The molecule has 0 aliphatic heterocycles. The van der Waals surface area contributed by atoms with Crippen LogP contribution >= 0.6 is 11.3 Å². The average molecular weight is 358 g/mol. The van der Waals surface area contributed by atoms with E-state index in [1.165, 1.54) is 25.4 Å². The molecule has 1 atom stereocenters. The van der Waals surface area contributed by atoms with Gasteiger partial charge in [-0.1, -0.05) is 0 Å². The van der Waals surface area contributed by atoms with E-state index in [2.05, 4.69) is 5.32 Å². The number of nitrogens with one attached hydrogen (secondary N) is 1. The molecule has 2 aromatic rings. The minimum atomic E-state index is -0.714. The molecule has 0 saturated heterocycles. The number of nitrogens with zero attached hydrogens (tertiary/aromatic N) is 1. The van der Waals surface area contributed by atoms with E-state index in [1.807, 2.05) is 12.1 Å². The summed E-state index contributed by atoms with van der Waals surface area (Å²) in [5, 5.41) is 11.6. The number of Topliss-reactive ketones (excluding diaryl/α,β-unsaturated/α-hetero) is 1. The Labute approximate surface area is 150 Å². The van der Waals surface area contributed by atoms with Crippen molar-refractivity contribution in [3.05, 3.63) is 45.6 Å². The average Bonchev–Trinajstić information content (AvgIpc) is 3.08. The second-order valence-electron chi connectivity index (χ2n) is 5.28. The van der Waals surface area contributed by atoms with Crippen LogP contribution in [0.1, 0.15) is 34.0 Å². The molecule has 6 nitrogen and oxygen atoms in total. The van der Waals surface area contributed by atoms with Gasteiger partial charge in [-0.3, -0.25) is 9.59 Å². The van der Waals surface area contributed by atoms with Gasteiger partial charge in [-0.2, -0.15) is 5.26 Å². The Hall–Kier alpha value is -2.85. The number of ether oxygens (including phenoxy) is 2. The van der Waals surface area contributed by atoms with E-state index >= 15 is 0 Å². The maximum atomic E-state index is 12.5. The lowest BCUT2D eigenvalue weighted by molar-refractivity contribution is -0.119. The van der Waals surface area contributed by atoms with Gasteiger partial charge >= 0.3 is 0 Å². The molecule has 0 radical (unpaired) electrons. The van der Waals surface area contributed by atoms with Gasteiger partial charge in [0, 0.05) is 17.9 Å². The summed E-state index contributed by atoms with van der Waals surface area (Å²) in [5.41, 5.74) is 0.448. The molecule has 1 N–H and O–H groups in total. The monoisotopic (exact) mass is 358 g/mol. The number of ketones is 1. The maximum Gasteiger partial charge on any atom is 0.217 e. The third kappa shape index (κ3) is 4.81. The molecule has 0 aliphatic rings. The van der Waals surface area contributed by atoms with Crippen molar-refractivity contribution in [1.82, 2.24) is 5.32 Å². The Morgan fingerprint density at radius 2 is 2.04 bits per heavy atom. The maximum absolute atomic E-state index is 12.5. The van der Waals surface area contributed by atoms with Crippen LogP contribution in [0.3, 0.4) is 0 Å². The van der Waals surface area contributed by atoms with Crippen molar-refractivity contribution in [2.75, 3.05) is 7.11 Å². The van der Waals surface area contributed by atoms with Crippen molar-refractivity contribution < 1.29 is 19.1 Å². The number of rotatable bonds is 7. The number of carbonyl (C=O) groups excluding carboxylic acids is 2. The zero-order valence-corrected chi connectivity index (χ0v) is 15.0. The predicted octanol–water partition coefficient (Wildman–Crippen LogP) is 2.91. The van der Waals surface area contributed by atoms with Crippen molar-refractivity contribution in [3.8, 4) is 17.6 Å². The van der Waals surface area contributed by atoms with Crippen LogP contribution in [0, 0.1) is 11.3 Å². The van der Waals surface area contributed by atoms with Crippen LogP contribution in [-0.2, 0) is 11.3 Å². The molecule has 25 heavy (non-hydrogen) atoms. The van der Waals surface area contributed by atoms with Crippen LogP contribution in [0.4, 0.5) is 0 Å². The Bertz CT molecular complexity index is 823. The second kappa shape index (κ2) is 8.31. The summed E-state index contributed by atoms with van der Waals surface area (Å²) in [6.45, 7) is 3.50. The van der Waals surface area contributed by atoms with E-state index in [1.54, 1.807) is 31.2 Å². The normalized spacial score (nSPS) is 11.3. The Balaban J connectivity index is 2.08. The predicted molar refractivity (Wildman–Crippen MR) is 94.0 cm³/mol. The number of hydrogen-bond donors (Lipinski definition) is 1. The summed E-state index contributed by atoms with van der Waals surface area (Å²) in [4.78, 5) is 24.9. The summed E-state index contributed by atoms with van der Waals surface area (Å²) < 4.78 is 10.9. The van der Waals surface area contributed by atoms with Gasteiger partial charge in [0.05, 0.1) is 30.2 Å². The van der Waals surface area contributed by atoms with Crippen LogP contribution in [0.2, 0.25) is 0 Å². The zero-order valence-electron chi connectivity index (χ0n) is 14.2. The number of amides is 1. The van der Waals surface area contributed by atoms with Crippen LogP contribution in [0.5, 0.6) is 11.5 Å². The molecular formula is C18H18N2O4S. The third-order valence-corrected chi connectivity index (χ3v) is 4.48. The van der Waals surface area contributed by atoms with Gasteiger partial charge in [0.2, 0.25) is 11.7 Å². The van der Waals surface area contributed by atoms with E-state index in [4.69, 9.17) is 14.7 Å². The summed E-state index contributed by atoms with van der Waals surface area (Å²) in [7, 11) is 1.48. The van der Waals surface area contributed by atoms with Crippen LogP contribution in [0.25, 0.3) is 0 Å². The Morgan fingerprint density at radius 1 is 1.28 bits per heavy atom. The molecule has 1 amide bonds. The van der Waals surface area contributed by atoms with E-state index in [9.17, 15) is 9.59 Å². The summed E-state index contributed by atoms with van der Waals surface area (Å²) >= 11 is 1.32. The number of methoxy groups -OCH3 is 1. The fourth-order valence-electron chi connectivity index (χ4n) is 2.10. The highest BCUT2D eigenvalue weighted by Crippen LogP contribution is 2.29. The molecule has 0 aliphatic carbocycles. The molecule has 1 heterocycles. The van der Waals surface area contributed by atoms with Gasteiger partial charge in [0.15, 0.2) is 17.6 Å². The minimum absolute atomic E-state index is 0.120. The van der Waals surface area contributed by atoms with Crippen LogP contribution < -0.4 is 14.8 Å². The molecule has 1 aromatic carbocycles. The highest BCUT2D eigenvalue weighted by molar-refractivity contribution is 7.14. The van der Waals surface area contributed by atoms with E-state index in [0.29, 0.717) is 28.5 Å². The quantitative estimate of drug-likeness (QED) is 0.769. The number of thiophene rings is 1. The van der Waals surface area contributed by atoms with Gasteiger partial charge in [0.25, 0.3) is 0 Å². The van der Waals surface area contributed by atoms with Crippen LogP contribution in [-0.4, -0.2) is 24.9 Å². The van der Waals surface area contributed by atoms with Gasteiger partial charge < -0.3 is 14.8 Å². The van der Waals surface area contributed by atoms with E-state index in [-0.39, 0.29) is 11.7 Å². The first-order chi connectivity index (χ1) is 11.9. The van der Waals surface area contributed by atoms with Gasteiger partial charge in [0.1, 0.15) is 0 Å². The van der Waals surface area contributed by atoms with Gasteiger partial charge in [-0.05, 0) is 31.2 Å². The lowest BCUT2D eigenvalue weighted by atomic mass is 10.2. The molecule has 0 fully saturated rings. The Kier molecular flexibility index (Phi) is 6.14. The highest BCUT2D eigenvalue weighted by Gasteiger charge is 2.20. The van der Waals surface area contributed by atoms with Crippen molar-refractivity contribution in [3.63, 3.8) is 0 Å². The topological polar surface area (TPSA) is 88.4 Å². The lowest BCUT2D eigenvalue weighted by Gasteiger charge is -2.15. The molecule has 130 valence electrons. The number of nitriles is 1. The lowest BCUT2D eigenvalue weighted by Crippen LogP contribution is -2.23. The number of carbonyl (C=O) groups is 2. The SMILES string of the molecule is COc1cc(C#N)ccc1OC(C)C(=O)c1ccc(CNC(C)=O)s1. The largest absolute Gasteiger partial charge is 0.493 e. The number of benzene rings is 1. The third-order valence-electron chi connectivity index (χ3n) is 3.38. The fraction of sp³-hybridized carbons (Fsp3) is 0.278. The molecule has 1 unspecified atom stereocenters. The molecule has 2 rings (SSSR count). The minimum Gasteiger partial charge on any atom is -0.493 e. The van der Waals surface area contributed by atoms with Gasteiger partial charge in [-0.15, -0.1) is 11.3 Å². The first kappa shape index (κ1) is 18.5. The van der Waals surface area contributed by atoms with Crippen molar-refractivity contribution in [1.29, 1.82) is 5.26 Å². The Morgan fingerprint density at radius 3 is 2.68 bits per heavy atom. The van der Waals surface area contributed by atoms with Gasteiger partial charge in [-0.25, -0.2) is 0 Å².